The fourth-order valence-electron chi connectivity index (χ4n) is 3.73. The summed E-state index contributed by atoms with van der Waals surface area (Å²) in [5.74, 6) is -0.117. The summed E-state index contributed by atoms with van der Waals surface area (Å²) in [6.07, 6.45) is 3.18. The highest BCUT2D eigenvalue weighted by atomic mass is 19.1. The second kappa shape index (κ2) is 5.70. The van der Waals surface area contributed by atoms with Gasteiger partial charge >= 0.3 is 0 Å². The summed E-state index contributed by atoms with van der Waals surface area (Å²) in [7, 11) is 0. The lowest BCUT2D eigenvalue weighted by atomic mass is 10.0. The quantitative estimate of drug-likeness (QED) is 0.917. The molecule has 4 heteroatoms. The van der Waals surface area contributed by atoms with Gasteiger partial charge in [0, 0.05) is 36.4 Å². The summed E-state index contributed by atoms with van der Waals surface area (Å²) < 4.78 is 14.1. The van der Waals surface area contributed by atoms with Crippen molar-refractivity contribution in [2.24, 2.45) is 5.73 Å². The number of piperazine rings is 1. The molecule has 0 bridgehead atoms. The van der Waals surface area contributed by atoms with Crippen molar-refractivity contribution in [3.05, 3.63) is 29.6 Å². The molecule has 2 heterocycles. The molecule has 2 saturated heterocycles. The van der Waals surface area contributed by atoms with Crippen LogP contribution in [-0.2, 0) is 6.42 Å². The van der Waals surface area contributed by atoms with Gasteiger partial charge in [-0.2, -0.15) is 0 Å². The van der Waals surface area contributed by atoms with Crippen molar-refractivity contribution >= 4 is 5.69 Å². The molecule has 2 aliphatic heterocycles. The van der Waals surface area contributed by atoms with E-state index in [4.69, 9.17) is 5.73 Å². The number of nitrogens with zero attached hydrogens (tertiary/aromatic N) is 2. The van der Waals surface area contributed by atoms with E-state index >= 15 is 0 Å². The molecular formula is C16H24FN3. The van der Waals surface area contributed by atoms with Crippen molar-refractivity contribution in [2.75, 3.05) is 31.1 Å². The van der Waals surface area contributed by atoms with Gasteiger partial charge in [0.05, 0.1) is 0 Å². The molecule has 0 amide bonds. The molecule has 1 aromatic carbocycles. The van der Waals surface area contributed by atoms with Gasteiger partial charge < -0.3 is 10.6 Å². The summed E-state index contributed by atoms with van der Waals surface area (Å²) in [5.41, 5.74) is 7.49. The smallest absolute Gasteiger partial charge is 0.128 e. The molecule has 2 aliphatic rings. The molecule has 3 nitrogen and oxygen atoms in total. The normalized spacial score (nSPS) is 26.9. The lowest BCUT2D eigenvalue weighted by Gasteiger charge is -2.44. The Bertz CT molecular complexity index is 477. The van der Waals surface area contributed by atoms with E-state index in [1.165, 1.54) is 19.4 Å². The van der Waals surface area contributed by atoms with Crippen LogP contribution in [0.4, 0.5) is 10.1 Å². The summed E-state index contributed by atoms with van der Waals surface area (Å²) >= 11 is 0. The Hall–Kier alpha value is -1.13. The number of anilines is 1. The zero-order valence-electron chi connectivity index (χ0n) is 12.2. The Morgan fingerprint density at radius 1 is 1.35 bits per heavy atom. The van der Waals surface area contributed by atoms with Gasteiger partial charge in [0.15, 0.2) is 0 Å². The first-order valence-corrected chi connectivity index (χ1v) is 7.69. The molecule has 2 atom stereocenters. The van der Waals surface area contributed by atoms with Crippen LogP contribution in [0.15, 0.2) is 18.2 Å². The third kappa shape index (κ3) is 2.42. The molecule has 0 aromatic heterocycles. The second-order valence-corrected chi connectivity index (χ2v) is 6.07. The summed E-state index contributed by atoms with van der Waals surface area (Å²) in [6, 6.07) is 6.49. The lowest BCUT2D eigenvalue weighted by molar-refractivity contribution is 0.202. The Morgan fingerprint density at radius 3 is 3.00 bits per heavy atom. The summed E-state index contributed by atoms with van der Waals surface area (Å²) in [5, 5.41) is 0. The molecule has 3 rings (SSSR count). The van der Waals surface area contributed by atoms with Crippen molar-refractivity contribution < 1.29 is 4.39 Å². The highest BCUT2D eigenvalue weighted by Crippen LogP contribution is 2.31. The minimum absolute atomic E-state index is 0.117. The number of nitrogens with two attached hydrogens (primary N) is 1. The van der Waals surface area contributed by atoms with Gasteiger partial charge in [-0.3, -0.25) is 4.90 Å². The van der Waals surface area contributed by atoms with Crippen LogP contribution in [0.3, 0.4) is 0 Å². The number of benzene rings is 1. The van der Waals surface area contributed by atoms with Crippen LogP contribution in [-0.4, -0.2) is 43.2 Å². The van der Waals surface area contributed by atoms with E-state index in [2.05, 4.69) is 22.8 Å². The predicted molar refractivity (Wildman–Crippen MR) is 80.6 cm³/mol. The Morgan fingerprint density at radius 2 is 2.20 bits per heavy atom. The highest BCUT2D eigenvalue weighted by Gasteiger charge is 2.35. The first-order chi connectivity index (χ1) is 9.70. The molecule has 110 valence electrons. The van der Waals surface area contributed by atoms with Crippen molar-refractivity contribution in [1.82, 2.24) is 4.90 Å². The third-order valence-corrected chi connectivity index (χ3v) is 4.74. The predicted octanol–water partition coefficient (Wildman–Crippen LogP) is 2.00. The largest absolute Gasteiger partial charge is 0.366 e. The summed E-state index contributed by atoms with van der Waals surface area (Å²) in [6.45, 7) is 6.06. The molecule has 0 spiro atoms. The van der Waals surface area contributed by atoms with Crippen LogP contribution in [0.1, 0.15) is 25.3 Å². The maximum Gasteiger partial charge on any atom is 0.128 e. The molecule has 2 unspecified atom stereocenters. The van der Waals surface area contributed by atoms with E-state index in [1.807, 2.05) is 6.07 Å². The van der Waals surface area contributed by atoms with E-state index in [0.717, 1.165) is 24.3 Å². The average Bonchev–Trinajstić information content (AvgIpc) is 2.87. The first kappa shape index (κ1) is 13.8. The summed E-state index contributed by atoms with van der Waals surface area (Å²) in [4.78, 5) is 4.98. The van der Waals surface area contributed by atoms with Gasteiger partial charge in [0.2, 0.25) is 0 Å². The molecule has 1 aromatic rings. The molecule has 20 heavy (non-hydrogen) atoms. The Kier molecular flexibility index (Phi) is 3.94. The van der Waals surface area contributed by atoms with Gasteiger partial charge in [0.1, 0.15) is 5.82 Å². The van der Waals surface area contributed by atoms with Crippen LogP contribution >= 0.6 is 0 Å². The van der Waals surface area contributed by atoms with Gasteiger partial charge in [-0.1, -0.05) is 6.07 Å². The van der Waals surface area contributed by atoms with Gasteiger partial charge in [-0.25, -0.2) is 4.39 Å². The van der Waals surface area contributed by atoms with Crippen molar-refractivity contribution in [2.45, 2.75) is 38.3 Å². The SMILES string of the molecule is CC1CN2CCCC2CN1c1cccc(F)c1CCN. The van der Waals surface area contributed by atoms with E-state index in [9.17, 15) is 4.39 Å². The minimum atomic E-state index is -0.117. The van der Waals surface area contributed by atoms with Crippen LogP contribution in [0.25, 0.3) is 0 Å². The van der Waals surface area contributed by atoms with Gasteiger partial charge in [0.25, 0.3) is 0 Å². The van der Waals surface area contributed by atoms with Crippen molar-refractivity contribution in [3.63, 3.8) is 0 Å². The van der Waals surface area contributed by atoms with Crippen molar-refractivity contribution in [1.29, 1.82) is 0 Å². The van der Waals surface area contributed by atoms with Gasteiger partial charge in [-0.05, 0) is 51.4 Å². The fraction of sp³-hybridized carbons (Fsp3) is 0.625. The van der Waals surface area contributed by atoms with Gasteiger partial charge in [-0.15, -0.1) is 0 Å². The second-order valence-electron chi connectivity index (χ2n) is 6.07. The lowest BCUT2D eigenvalue weighted by Crippen LogP contribution is -2.55. The van der Waals surface area contributed by atoms with Crippen molar-refractivity contribution in [3.8, 4) is 0 Å². The van der Waals surface area contributed by atoms with Crippen LogP contribution in [0, 0.1) is 5.82 Å². The van der Waals surface area contributed by atoms with E-state index < -0.39 is 0 Å². The maximum absolute atomic E-state index is 14.1. The Labute approximate surface area is 120 Å². The first-order valence-electron chi connectivity index (χ1n) is 7.69. The average molecular weight is 277 g/mol. The minimum Gasteiger partial charge on any atom is -0.366 e. The molecule has 0 aliphatic carbocycles. The van der Waals surface area contributed by atoms with E-state index in [-0.39, 0.29) is 5.82 Å². The molecular weight excluding hydrogens is 253 g/mol. The number of hydrogen-bond donors (Lipinski definition) is 1. The van der Waals surface area contributed by atoms with Crippen LogP contribution in [0.2, 0.25) is 0 Å². The molecule has 2 fully saturated rings. The number of rotatable bonds is 3. The standard InChI is InChI=1S/C16H24FN3/c1-12-10-19-9-3-4-13(19)11-20(12)16-6-2-5-15(17)14(16)7-8-18/h2,5-6,12-13H,3-4,7-11,18H2,1H3. The van der Waals surface area contributed by atoms with E-state index in [0.29, 0.717) is 25.0 Å². The Balaban J connectivity index is 1.89. The maximum atomic E-state index is 14.1. The third-order valence-electron chi connectivity index (χ3n) is 4.74. The molecule has 0 saturated carbocycles. The fourth-order valence-corrected chi connectivity index (χ4v) is 3.73. The number of halogens is 1. The van der Waals surface area contributed by atoms with Crippen LogP contribution in [0.5, 0.6) is 0 Å². The highest BCUT2D eigenvalue weighted by molar-refractivity contribution is 5.56. The van der Waals surface area contributed by atoms with E-state index in [1.54, 1.807) is 6.07 Å². The molecule has 0 radical (unpaired) electrons. The number of hydrogen-bond acceptors (Lipinski definition) is 3. The van der Waals surface area contributed by atoms with Crippen LogP contribution < -0.4 is 10.6 Å². The topological polar surface area (TPSA) is 32.5 Å². The zero-order chi connectivity index (χ0) is 14.1. The monoisotopic (exact) mass is 277 g/mol. The molecule has 2 N–H and O–H groups in total. The number of fused-ring (bicyclic) bond motifs is 1. The zero-order valence-corrected chi connectivity index (χ0v) is 12.2.